The van der Waals surface area contributed by atoms with Gasteiger partial charge in [0, 0.05) is 0 Å². The van der Waals surface area contributed by atoms with E-state index in [1.807, 2.05) is 0 Å². The molecule has 2 rings (SSSR count). The Bertz CT molecular complexity index is 626. The molecule has 0 radical (unpaired) electrons. The fourth-order valence-corrected chi connectivity index (χ4v) is 1.91. The predicted octanol–water partition coefficient (Wildman–Crippen LogP) is 3.46. The first-order chi connectivity index (χ1) is 8.49. The number of nitrogens with two attached hydrogens (primary N) is 1. The lowest BCUT2D eigenvalue weighted by molar-refractivity contribution is 0.100. The molecule has 0 aliphatic rings. The molecule has 0 aliphatic heterocycles. The van der Waals surface area contributed by atoms with Gasteiger partial charge in [0.05, 0.1) is 15.6 Å². The van der Waals surface area contributed by atoms with E-state index >= 15 is 0 Å². The molecule has 0 spiro atoms. The van der Waals surface area contributed by atoms with Gasteiger partial charge in [-0.1, -0.05) is 35.3 Å². The average molecular weight is 282 g/mol. The lowest BCUT2D eigenvalue weighted by Gasteiger charge is -2.06. The summed E-state index contributed by atoms with van der Waals surface area (Å²) in [6.45, 7) is 0. The number of hydrogen-bond donors (Lipinski definition) is 2. The molecule has 0 bridgehead atoms. The largest absolute Gasteiger partial charge is 0.506 e. The minimum Gasteiger partial charge on any atom is -0.506 e. The Hall–Kier alpha value is -1.71. The highest BCUT2D eigenvalue weighted by atomic mass is 35.5. The highest BCUT2D eigenvalue weighted by molar-refractivity contribution is 6.34. The van der Waals surface area contributed by atoms with E-state index in [-0.39, 0.29) is 16.3 Å². The van der Waals surface area contributed by atoms with Gasteiger partial charge in [-0.3, -0.25) is 4.79 Å². The summed E-state index contributed by atoms with van der Waals surface area (Å²) in [6.07, 6.45) is 0. The van der Waals surface area contributed by atoms with Gasteiger partial charge in [-0.15, -0.1) is 0 Å². The Balaban J connectivity index is 2.54. The molecule has 0 fully saturated rings. The number of carbonyl (C=O) groups excluding carboxylic acids is 1. The highest BCUT2D eigenvalue weighted by Gasteiger charge is 2.09. The second kappa shape index (κ2) is 4.88. The van der Waals surface area contributed by atoms with Gasteiger partial charge in [0.2, 0.25) is 5.91 Å². The molecule has 1 amide bonds. The van der Waals surface area contributed by atoms with Crippen molar-refractivity contribution in [1.82, 2.24) is 0 Å². The molecular formula is C13H9Cl2NO2. The summed E-state index contributed by atoms with van der Waals surface area (Å²) in [6, 6.07) is 9.71. The summed E-state index contributed by atoms with van der Waals surface area (Å²) in [5, 5.41) is 10.1. The molecule has 92 valence electrons. The summed E-state index contributed by atoms with van der Waals surface area (Å²) in [7, 11) is 0. The summed E-state index contributed by atoms with van der Waals surface area (Å²) in [5.41, 5.74) is 6.90. The molecule has 3 nitrogen and oxygen atoms in total. The maximum Gasteiger partial charge on any atom is 0.250 e. The zero-order valence-corrected chi connectivity index (χ0v) is 10.7. The number of rotatable bonds is 2. The van der Waals surface area contributed by atoms with E-state index in [2.05, 4.69) is 0 Å². The van der Waals surface area contributed by atoms with Crippen LogP contribution in [0.15, 0.2) is 36.4 Å². The van der Waals surface area contributed by atoms with Crippen LogP contribution >= 0.6 is 23.2 Å². The molecule has 5 heteroatoms. The fourth-order valence-electron chi connectivity index (χ4n) is 1.59. The summed E-state index contributed by atoms with van der Waals surface area (Å²) in [4.78, 5) is 11.2. The second-order valence-corrected chi connectivity index (χ2v) is 4.54. The van der Waals surface area contributed by atoms with Crippen LogP contribution in [0.25, 0.3) is 11.1 Å². The van der Waals surface area contributed by atoms with E-state index in [1.165, 1.54) is 6.07 Å². The number of halogens is 2. The van der Waals surface area contributed by atoms with Gasteiger partial charge >= 0.3 is 0 Å². The molecule has 0 saturated heterocycles. The quantitative estimate of drug-likeness (QED) is 0.885. The second-order valence-electron chi connectivity index (χ2n) is 3.73. The summed E-state index contributed by atoms with van der Waals surface area (Å²) in [5.74, 6) is -0.621. The van der Waals surface area contributed by atoms with Crippen molar-refractivity contribution in [3.63, 3.8) is 0 Å². The summed E-state index contributed by atoms with van der Waals surface area (Å²) < 4.78 is 0. The Kier molecular flexibility index (Phi) is 3.45. The molecule has 18 heavy (non-hydrogen) atoms. The number of hydrogen-bond acceptors (Lipinski definition) is 2. The molecule has 3 N–H and O–H groups in total. The van der Waals surface area contributed by atoms with Crippen molar-refractivity contribution in [3.8, 4) is 16.9 Å². The summed E-state index contributed by atoms with van der Waals surface area (Å²) >= 11 is 11.6. The van der Waals surface area contributed by atoms with Crippen LogP contribution in [0.5, 0.6) is 5.75 Å². The maximum absolute atomic E-state index is 11.2. The van der Waals surface area contributed by atoms with E-state index in [4.69, 9.17) is 28.9 Å². The van der Waals surface area contributed by atoms with Gasteiger partial charge in [-0.2, -0.15) is 0 Å². The van der Waals surface area contributed by atoms with Crippen molar-refractivity contribution >= 4 is 29.1 Å². The van der Waals surface area contributed by atoms with Gasteiger partial charge in [0.25, 0.3) is 0 Å². The van der Waals surface area contributed by atoms with Gasteiger partial charge in [-0.05, 0) is 35.4 Å². The van der Waals surface area contributed by atoms with Crippen LogP contribution in [-0.2, 0) is 0 Å². The van der Waals surface area contributed by atoms with Crippen molar-refractivity contribution < 1.29 is 9.90 Å². The Morgan fingerprint density at radius 3 is 2.11 bits per heavy atom. The number of benzene rings is 2. The van der Waals surface area contributed by atoms with E-state index < -0.39 is 5.91 Å². The maximum atomic E-state index is 11.2. The predicted molar refractivity (Wildman–Crippen MR) is 72.1 cm³/mol. The molecule has 0 aliphatic carbocycles. The normalized spacial score (nSPS) is 10.3. The van der Waals surface area contributed by atoms with Crippen molar-refractivity contribution in [2.45, 2.75) is 0 Å². The molecule has 0 saturated carbocycles. The molecule has 0 heterocycles. The van der Waals surface area contributed by atoms with Gasteiger partial charge in [-0.25, -0.2) is 0 Å². The van der Waals surface area contributed by atoms with Gasteiger partial charge < -0.3 is 10.8 Å². The number of amides is 1. The molecule has 0 atom stereocenters. The monoisotopic (exact) mass is 281 g/mol. The van der Waals surface area contributed by atoms with Crippen LogP contribution in [0.4, 0.5) is 0 Å². The zero-order chi connectivity index (χ0) is 13.3. The standard InChI is InChI=1S/C13H9Cl2NO2/c14-10-3-1-7(5-9(10)13(16)18)8-2-4-11(15)12(17)6-8/h1-6,17H,(H2,16,18). The smallest absolute Gasteiger partial charge is 0.250 e. The third-order valence-electron chi connectivity index (χ3n) is 2.51. The minimum atomic E-state index is -0.597. The number of phenolic OH excluding ortho intramolecular Hbond substituents is 1. The van der Waals surface area contributed by atoms with Crippen LogP contribution in [0.2, 0.25) is 10.0 Å². The Morgan fingerprint density at radius 2 is 1.56 bits per heavy atom. The van der Waals surface area contributed by atoms with E-state index in [9.17, 15) is 9.90 Å². The van der Waals surface area contributed by atoms with Crippen LogP contribution in [0.3, 0.4) is 0 Å². The molecule has 2 aromatic carbocycles. The lowest BCUT2D eigenvalue weighted by Crippen LogP contribution is -2.11. The topological polar surface area (TPSA) is 63.3 Å². The Labute approximate surface area is 114 Å². The Morgan fingerprint density at radius 1 is 1.00 bits per heavy atom. The van der Waals surface area contributed by atoms with Crippen LogP contribution in [0, 0.1) is 0 Å². The van der Waals surface area contributed by atoms with E-state index in [1.54, 1.807) is 30.3 Å². The van der Waals surface area contributed by atoms with Crippen LogP contribution in [0.1, 0.15) is 10.4 Å². The third-order valence-corrected chi connectivity index (χ3v) is 3.16. The van der Waals surface area contributed by atoms with E-state index in [0.29, 0.717) is 5.02 Å². The third kappa shape index (κ3) is 2.42. The molecule has 0 aromatic heterocycles. The fraction of sp³-hybridized carbons (Fsp3) is 0. The molecule has 2 aromatic rings. The van der Waals surface area contributed by atoms with Crippen molar-refractivity contribution in [1.29, 1.82) is 0 Å². The lowest BCUT2D eigenvalue weighted by atomic mass is 10.0. The first-order valence-corrected chi connectivity index (χ1v) is 5.83. The first kappa shape index (κ1) is 12.7. The SMILES string of the molecule is NC(=O)c1cc(-c2ccc(Cl)c(O)c2)ccc1Cl. The van der Waals surface area contributed by atoms with Crippen molar-refractivity contribution in [3.05, 3.63) is 52.0 Å². The van der Waals surface area contributed by atoms with Gasteiger partial charge in [0.1, 0.15) is 5.75 Å². The van der Waals surface area contributed by atoms with Crippen molar-refractivity contribution in [2.75, 3.05) is 0 Å². The number of carbonyl (C=O) groups is 1. The number of primary amides is 1. The average Bonchev–Trinajstić information content (AvgIpc) is 2.33. The van der Waals surface area contributed by atoms with Crippen LogP contribution < -0.4 is 5.73 Å². The van der Waals surface area contributed by atoms with Gasteiger partial charge in [0.15, 0.2) is 0 Å². The number of phenols is 1. The van der Waals surface area contributed by atoms with Crippen LogP contribution in [-0.4, -0.2) is 11.0 Å². The molecule has 0 unspecified atom stereocenters. The van der Waals surface area contributed by atoms with E-state index in [0.717, 1.165) is 11.1 Å². The minimum absolute atomic E-state index is 0.0234. The highest BCUT2D eigenvalue weighted by Crippen LogP contribution is 2.31. The molecular weight excluding hydrogens is 273 g/mol. The number of aromatic hydroxyl groups is 1. The zero-order valence-electron chi connectivity index (χ0n) is 9.15. The van der Waals surface area contributed by atoms with Crippen molar-refractivity contribution in [2.24, 2.45) is 5.73 Å². The first-order valence-electron chi connectivity index (χ1n) is 5.07.